The lowest BCUT2D eigenvalue weighted by Crippen LogP contribution is -2.46. The zero-order valence-corrected chi connectivity index (χ0v) is 9.89. The molecule has 4 heteroatoms. The second-order valence-corrected chi connectivity index (χ2v) is 5.34. The fourth-order valence-corrected chi connectivity index (χ4v) is 3.18. The van der Waals surface area contributed by atoms with E-state index in [-0.39, 0.29) is 18.0 Å². The number of nitrogens with one attached hydrogen (secondary N) is 1. The maximum atomic E-state index is 13.0. The molecule has 1 atom stereocenters. The zero-order valence-electron chi connectivity index (χ0n) is 9.08. The van der Waals surface area contributed by atoms with Crippen molar-refractivity contribution >= 4 is 17.4 Å². The lowest BCUT2D eigenvalue weighted by atomic mass is 9.96. The van der Waals surface area contributed by atoms with Crippen molar-refractivity contribution in [1.82, 2.24) is 0 Å². The zero-order chi connectivity index (χ0) is 11.4. The van der Waals surface area contributed by atoms with E-state index in [9.17, 15) is 9.50 Å². The third-order valence-corrected chi connectivity index (χ3v) is 4.19. The third kappa shape index (κ3) is 2.68. The van der Waals surface area contributed by atoms with Gasteiger partial charge in [-0.25, -0.2) is 4.39 Å². The molecule has 1 aromatic carbocycles. The number of aliphatic hydroxyl groups is 1. The first kappa shape index (κ1) is 11.7. The molecule has 1 fully saturated rings. The molecule has 1 unspecified atom stereocenters. The first-order valence-corrected chi connectivity index (χ1v) is 6.62. The highest BCUT2D eigenvalue weighted by Gasteiger charge is 2.31. The molecule has 1 saturated heterocycles. The molecule has 0 bridgehead atoms. The van der Waals surface area contributed by atoms with Gasteiger partial charge in [-0.2, -0.15) is 11.8 Å². The number of hydrogen-bond donors (Lipinski definition) is 2. The van der Waals surface area contributed by atoms with Crippen LogP contribution in [0.3, 0.4) is 0 Å². The van der Waals surface area contributed by atoms with E-state index in [0.29, 0.717) is 0 Å². The summed E-state index contributed by atoms with van der Waals surface area (Å²) < 4.78 is 13.0. The Bertz CT molecular complexity index is 353. The summed E-state index contributed by atoms with van der Waals surface area (Å²) in [5.41, 5.74) is 0.466. The van der Waals surface area contributed by atoms with Crippen LogP contribution in [-0.2, 0) is 0 Å². The molecule has 2 rings (SSSR count). The van der Waals surface area contributed by atoms with Crippen molar-refractivity contribution in [2.75, 3.05) is 23.4 Å². The van der Waals surface area contributed by atoms with Crippen LogP contribution in [0.15, 0.2) is 24.3 Å². The first-order valence-electron chi connectivity index (χ1n) is 5.46. The molecule has 88 valence electrons. The van der Waals surface area contributed by atoms with E-state index in [4.69, 9.17) is 0 Å². The average Bonchev–Trinajstić information content (AvgIpc) is 2.30. The minimum Gasteiger partial charge on any atom is -0.394 e. The molecule has 0 saturated carbocycles. The van der Waals surface area contributed by atoms with Crippen LogP contribution < -0.4 is 5.32 Å². The van der Waals surface area contributed by atoms with Crippen LogP contribution in [0.1, 0.15) is 12.8 Å². The Morgan fingerprint density at radius 3 is 3.00 bits per heavy atom. The standard InChI is InChI=1S/C12H16FNOS/c13-10-3-1-4-11(7-10)14-12(8-15)5-2-6-16-9-12/h1,3-4,7,14-15H,2,5-6,8-9H2. The number of thioether (sulfide) groups is 1. The Morgan fingerprint density at radius 1 is 1.50 bits per heavy atom. The summed E-state index contributed by atoms with van der Waals surface area (Å²) >= 11 is 1.83. The van der Waals surface area contributed by atoms with Crippen molar-refractivity contribution in [3.8, 4) is 0 Å². The fourth-order valence-electron chi connectivity index (χ4n) is 1.99. The summed E-state index contributed by atoms with van der Waals surface area (Å²) in [4.78, 5) is 0. The highest BCUT2D eigenvalue weighted by atomic mass is 32.2. The van der Waals surface area contributed by atoms with Gasteiger partial charge < -0.3 is 10.4 Å². The number of hydrogen-bond acceptors (Lipinski definition) is 3. The SMILES string of the molecule is OCC1(Nc2cccc(F)c2)CCCSC1. The number of halogens is 1. The Hall–Kier alpha value is -0.740. The lowest BCUT2D eigenvalue weighted by Gasteiger charge is -2.37. The summed E-state index contributed by atoms with van der Waals surface area (Å²) in [6.07, 6.45) is 2.03. The predicted octanol–water partition coefficient (Wildman–Crippen LogP) is 2.50. The van der Waals surface area contributed by atoms with Crippen molar-refractivity contribution in [3.05, 3.63) is 30.1 Å². The molecule has 0 amide bonds. The number of benzene rings is 1. The average molecular weight is 241 g/mol. The van der Waals surface area contributed by atoms with Crippen LogP contribution in [0, 0.1) is 5.82 Å². The molecular formula is C12H16FNOS. The monoisotopic (exact) mass is 241 g/mol. The van der Waals surface area contributed by atoms with Gasteiger partial charge in [-0.3, -0.25) is 0 Å². The third-order valence-electron chi connectivity index (χ3n) is 2.86. The Labute approximate surface area is 99.2 Å². The lowest BCUT2D eigenvalue weighted by molar-refractivity contribution is 0.215. The van der Waals surface area contributed by atoms with Crippen LogP contribution in [0.25, 0.3) is 0 Å². The number of rotatable bonds is 3. The van der Waals surface area contributed by atoms with Gasteiger partial charge in [0.05, 0.1) is 12.1 Å². The Morgan fingerprint density at radius 2 is 2.38 bits per heavy atom. The van der Waals surface area contributed by atoms with Gasteiger partial charge in [0.2, 0.25) is 0 Å². The summed E-state index contributed by atoms with van der Waals surface area (Å²) in [6, 6.07) is 6.40. The highest BCUT2D eigenvalue weighted by molar-refractivity contribution is 7.99. The van der Waals surface area contributed by atoms with Gasteiger partial charge in [0.25, 0.3) is 0 Å². The minimum absolute atomic E-state index is 0.0938. The molecule has 0 aromatic heterocycles. The van der Waals surface area contributed by atoms with Crippen LogP contribution >= 0.6 is 11.8 Å². The molecular weight excluding hydrogens is 225 g/mol. The van der Waals surface area contributed by atoms with E-state index in [0.717, 1.165) is 30.0 Å². The van der Waals surface area contributed by atoms with Gasteiger partial charge >= 0.3 is 0 Å². The van der Waals surface area contributed by atoms with Crippen LogP contribution in [-0.4, -0.2) is 28.8 Å². The fraction of sp³-hybridized carbons (Fsp3) is 0.500. The molecule has 16 heavy (non-hydrogen) atoms. The van der Waals surface area contributed by atoms with E-state index in [1.54, 1.807) is 6.07 Å². The van der Waals surface area contributed by atoms with Crippen molar-refractivity contribution in [2.24, 2.45) is 0 Å². The van der Waals surface area contributed by atoms with Gasteiger partial charge in [-0.05, 0) is 36.8 Å². The topological polar surface area (TPSA) is 32.3 Å². The summed E-state index contributed by atoms with van der Waals surface area (Å²) in [6.45, 7) is 0.0938. The summed E-state index contributed by atoms with van der Waals surface area (Å²) in [5.74, 6) is 1.77. The second kappa shape index (κ2) is 5.06. The summed E-state index contributed by atoms with van der Waals surface area (Å²) in [7, 11) is 0. The molecule has 1 aliphatic heterocycles. The normalized spacial score (nSPS) is 25.4. The second-order valence-electron chi connectivity index (χ2n) is 4.23. The molecule has 0 radical (unpaired) electrons. The van der Waals surface area contributed by atoms with Gasteiger partial charge in [0.1, 0.15) is 5.82 Å². The summed E-state index contributed by atoms with van der Waals surface area (Å²) in [5, 5.41) is 12.8. The quantitative estimate of drug-likeness (QED) is 0.852. The number of anilines is 1. The van der Waals surface area contributed by atoms with Crippen molar-refractivity contribution in [1.29, 1.82) is 0 Å². The maximum Gasteiger partial charge on any atom is 0.125 e. The molecule has 1 aromatic rings. The van der Waals surface area contributed by atoms with Gasteiger partial charge in [-0.15, -0.1) is 0 Å². The Kier molecular flexibility index (Phi) is 3.71. The molecule has 0 aliphatic carbocycles. The smallest absolute Gasteiger partial charge is 0.125 e. The van der Waals surface area contributed by atoms with E-state index in [1.165, 1.54) is 12.1 Å². The Balaban J connectivity index is 2.11. The maximum absolute atomic E-state index is 13.0. The van der Waals surface area contributed by atoms with Crippen molar-refractivity contribution < 1.29 is 9.50 Å². The molecule has 0 spiro atoms. The molecule has 2 N–H and O–H groups in total. The van der Waals surface area contributed by atoms with Crippen molar-refractivity contribution in [2.45, 2.75) is 18.4 Å². The highest BCUT2D eigenvalue weighted by Crippen LogP contribution is 2.30. The molecule has 1 heterocycles. The molecule has 2 nitrogen and oxygen atoms in total. The van der Waals surface area contributed by atoms with E-state index in [1.807, 2.05) is 17.8 Å². The van der Waals surface area contributed by atoms with E-state index in [2.05, 4.69) is 5.32 Å². The minimum atomic E-state index is -0.281. The van der Waals surface area contributed by atoms with Gasteiger partial charge in [0, 0.05) is 11.4 Å². The van der Waals surface area contributed by atoms with Gasteiger partial charge in [-0.1, -0.05) is 6.07 Å². The van der Waals surface area contributed by atoms with E-state index < -0.39 is 0 Å². The molecule has 1 aliphatic rings. The van der Waals surface area contributed by atoms with Crippen molar-refractivity contribution in [3.63, 3.8) is 0 Å². The largest absolute Gasteiger partial charge is 0.394 e. The predicted molar refractivity (Wildman–Crippen MR) is 66.4 cm³/mol. The van der Waals surface area contributed by atoms with Gasteiger partial charge in [0.15, 0.2) is 0 Å². The first-order chi connectivity index (χ1) is 7.74. The van der Waals surface area contributed by atoms with E-state index >= 15 is 0 Å². The van der Waals surface area contributed by atoms with Crippen LogP contribution in [0.5, 0.6) is 0 Å². The van der Waals surface area contributed by atoms with Crippen LogP contribution in [0.4, 0.5) is 10.1 Å². The van der Waals surface area contributed by atoms with Crippen LogP contribution in [0.2, 0.25) is 0 Å². The number of aliphatic hydroxyl groups excluding tert-OH is 1.